The van der Waals surface area contributed by atoms with Crippen LogP contribution >= 0.6 is 0 Å². The molecule has 0 saturated carbocycles. The van der Waals surface area contributed by atoms with Crippen molar-refractivity contribution in [3.8, 4) is 0 Å². The number of carbonyl (C=O) groups excluding carboxylic acids is 2. The number of aryl methyl sites for hydroxylation is 1. The monoisotopic (exact) mass is 442 g/mol. The van der Waals surface area contributed by atoms with E-state index in [4.69, 9.17) is 0 Å². The van der Waals surface area contributed by atoms with Crippen LogP contribution in [0.4, 0.5) is 21.9 Å². The average Bonchev–Trinajstić information content (AvgIpc) is 3.36. The van der Waals surface area contributed by atoms with Gasteiger partial charge in [-0.05, 0) is 67.6 Å². The normalized spacial score (nSPS) is 13.0. The standard InChI is InChI=1S/C27H30N4O2/c1-19-9-8-12-24(20(19)2)30-27(33)29-22-13-14-25(31-15-6-7-16-31)23(17-22)26(32)28-18-21-10-4-3-5-11-21/h3-5,8-14,17H,6-7,15-16,18H2,1-2H3,(H,28,32)(H2,29,30,33). The van der Waals surface area contributed by atoms with E-state index >= 15 is 0 Å². The summed E-state index contributed by atoms with van der Waals surface area (Å²) < 4.78 is 0. The number of hydrogen-bond donors (Lipinski definition) is 3. The van der Waals surface area contributed by atoms with Crippen LogP contribution in [0.15, 0.2) is 66.7 Å². The molecule has 0 aliphatic carbocycles. The first kappa shape index (κ1) is 22.4. The van der Waals surface area contributed by atoms with Crippen molar-refractivity contribution in [3.63, 3.8) is 0 Å². The lowest BCUT2D eigenvalue weighted by Crippen LogP contribution is -2.27. The van der Waals surface area contributed by atoms with Crippen LogP contribution in [0.3, 0.4) is 0 Å². The zero-order valence-electron chi connectivity index (χ0n) is 19.2. The number of nitrogens with zero attached hydrogens (tertiary/aromatic N) is 1. The van der Waals surface area contributed by atoms with Gasteiger partial charge in [0.25, 0.3) is 5.91 Å². The number of anilines is 3. The average molecular weight is 443 g/mol. The van der Waals surface area contributed by atoms with Crippen LogP contribution < -0.4 is 20.9 Å². The molecule has 0 bridgehead atoms. The Labute approximate surface area is 195 Å². The second kappa shape index (κ2) is 10.2. The highest BCUT2D eigenvalue weighted by Gasteiger charge is 2.20. The summed E-state index contributed by atoms with van der Waals surface area (Å²) in [5.41, 5.74) is 5.98. The maximum Gasteiger partial charge on any atom is 0.323 e. The zero-order chi connectivity index (χ0) is 23.2. The smallest absolute Gasteiger partial charge is 0.323 e. The van der Waals surface area contributed by atoms with Gasteiger partial charge in [-0.2, -0.15) is 0 Å². The minimum absolute atomic E-state index is 0.153. The molecule has 3 N–H and O–H groups in total. The van der Waals surface area contributed by atoms with Gasteiger partial charge in [0.2, 0.25) is 0 Å². The predicted octanol–water partition coefficient (Wildman–Crippen LogP) is 5.48. The Kier molecular flexibility index (Phi) is 6.93. The predicted molar refractivity (Wildman–Crippen MR) is 134 cm³/mol. The fourth-order valence-corrected chi connectivity index (χ4v) is 4.07. The van der Waals surface area contributed by atoms with E-state index in [-0.39, 0.29) is 11.9 Å². The van der Waals surface area contributed by atoms with Crippen LogP contribution in [0.5, 0.6) is 0 Å². The van der Waals surface area contributed by atoms with E-state index < -0.39 is 0 Å². The molecule has 0 aromatic heterocycles. The molecule has 0 atom stereocenters. The molecule has 1 aliphatic heterocycles. The maximum atomic E-state index is 13.1. The van der Waals surface area contributed by atoms with Crippen molar-refractivity contribution in [1.29, 1.82) is 0 Å². The Morgan fingerprint density at radius 2 is 1.64 bits per heavy atom. The second-order valence-corrected chi connectivity index (χ2v) is 8.42. The summed E-state index contributed by atoms with van der Waals surface area (Å²) in [7, 11) is 0. The van der Waals surface area contributed by atoms with E-state index in [1.165, 1.54) is 0 Å². The largest absolute Gasteiger partial charge is 0.371 e. The van der Waals surface area contributed by atoms with Crippen LogP contribution in [0.2, 0.25) is 0 Å². The third-order valence-electron chi connectivity index (χ3n) is 6.09. The van der Waals surface area contributed by atoms with E-state index in [0.29, 0.717) is 17.8 Å². The number of carbonyl (C=O) groups is 2. The van der Waals surface area contributed by atoms with Gasteiger partial charge in [0.05, 0.1) is 5.56 Å². The van der Waals surface area contributed by atoms with Gasteiger partial charge in [0.15, 0.2) is 0 Å². The van der Waals surface area contributed by atoms with Crippen molar-refractivity contribution in [2.24, 2.45) is 0 Å². The molecule has 3 aromatic rings. The molecule has 1 heterocycles. The number of benzene rings is 3. The molecule has 4 rings (SSSR count). The Morgan fingerprint density at radius 3 is 2.39 bits per heavy atom. The first-order valence-corrected chi connectivity index (χ1v) is 11.4. The summed E-state index contributed by atoms with van der Waals surface area (Å²) in [4.78, 5) is 28.0. The molecular weight excluding hydrogens is 412 g/mol. The van der Waals surface area contributed by atoms with Gasteiger partial charge in [-0.1, -0.05) is 42.5 Å². The van der Waals surface area contributed by atoms with Crippen LogP contribution in [-0.4, -0.2) is 25.0 Å². The highest BCUT2D eigenvalue weighted by Crippen LogP contribution is 2.28. The Bertz CT molecular complexity index is 1140. The third kappa shape index (κ3) is 5.52. The maximum absolute atomic E-state index is 13.1. The molecular formula is C27H30N4O2. The van der Waals surface area contributed by atoms with E-state index in [0.717, 1.165) is 54.0 Å². The molecule has 3 amide bonds. The van der Waals surface area contributed by atoms with E-state index in [1.54, 1.807) is 6.07 Å². The quantitative estimate of drug-likeness (QED) is 0.473. The van der Waals surface area contributed by atoms with Gasteiger partial charge in [0, 0.05) is 36.7 Å². The minimum Gasteiger partial charge on any atom is -0.371 e. The molecule has 170 valence electrons. The molecule has 1 fully saturated rings. The van der Waals surface area contributed by atoms with Crippen molar-refractivity contribution in [1.82, 2.24) is 5.32 Å². The number of urea groups is 1. The Morgan fingerprint density at radius 1 is 0.879 bits per heavy atom. The van der Waals surface area contributed by atoms with E-state index in [9.17, 15) is 9.59 Å². The van der Waals surface area contributed by atoms with Crippen molar-refractivity contribution >= 4 is 29.0 Å². The van der Waals surface area contributed by atoms with Gasteiger partial charge in [-0.25, -0.2) is 4.79 Å². The van der Waals surface area contributed by atoms with Gasteiger partial charge in [0.1, 0.15) is 0 Å². The van der Waals surface area contributed by atoms with Crippen LogP contribution in [0.1, 0.15) is 39.9 Å². The van der Waals surface area contributed by atoms with Crippen molar-refractivity contribution < 1.29 is 9.59 Å². The third-order valence-corrected chi connectivity index (χ3v) is 6.09. The Hall–Kier alpha value is -3.80. The van der Waals surface area contributed by atoms with Crippen molar-refractivity contribution in [3.05, 3.63) is 89.0 Å². The summed E-state index contributed by atoms with van der Waals surface area (Å²) in [6, 6.07) is 20.8. The van der Waals surface area contributed by atoms with Crippen LogP contribution in [0.25, 0.3) is 0 Å². The molecule has 0 unspecified atom stereocenters. The second-order valence-electron chi connectivity index (χ2n) is 8.42. The first-order valence-electron chi connectivity index (χ1n) is 11.4. The molecule has 6 heteroatoms. The molecule has 1 saturated heterocycles. The number of amides is 3. The van der Waals surface area contributed by atoms with Gasteiger partial charge < -0.3 is 20.9 Å². The molecule has 1 aliphatic rings. The summed E-state index contributed by atoms with van der Waals surface area (Å²) >= 11 is 0. The molecule has 0 radical (unpaired) electrons. The minimum atomic E-state index is -0.340. The fourth-order valence-electron chi connectivity index (χ4n) is 4.07. The van der Waals surface area contributed by atoms with Crippen LogP contribution in [0, 0.1) is 13.8 Å². The number of rotatable bonds is 6. The Balaban J connectivity index is 1.52. The van der Waals surface area contributed by atoms with Crippen molar-refractivity contribution in [2.75, 3.05) is 28.6 Å². The highest BCUT2D eigenvalue weighted by atomic mass is 16.2. The molecule has 3 aromatic carbocycles. The topological polar surface area (TPSA) is 73.5 Å². The lowest BCUT2D eigenvalue weighted by molar-refractivity contribution is 0.0951. The lowest BCUT2D eigenvalue weighted by Gasteiger charge is -2.22. The zero-order valence-corrected chi connectivity index (χ0v) is 19.2. The highest BCUT2D eigenvalue weighted by molar-refractivity contribution is 6.04. The number of hydrogen-bond acceptors (Lipinski definition) is 3. The van der Waals surface area contributed by atoms with Crippen LogP contribution in [-0.2, 0) is 6.54 Å². The lowest BCUT2D eigenvalue weighted by atomic mass is 10.1. The molecule has 0 spiro atoms. The SMILES string of the molecule is Cc1cccc(NC(=O)Nc2ccc(N3CCCC3)c(C(=O)NCc3ccccc3)c2)c1C. The summed E-state index contributed by atoms with van der Waals surface area (Å²) in [6.45, 7) is 6.29. The van der Waals surface area contributed by atoms with Gasteiger partial charge in [-0.15, -0.1) is 0 Å². The van der Waals surface area contributed by atoms with Crippen molar-refractivity contribution in [2.45, 2.75) is 33.2 Å². The summed E-state index contributed by atoms with van der Waals surface area (Å²) in [6.07, 6.45) is 2.23. The van der Waals surface area contributed by atoms with E-state index in [2.05, 4.69) is 20.9 Å². The molecule has 6 nitrogen and oxygen atoms in total. The molecule has 33 heavy (non-hydrogen) atoms. The van der Waals surface area contributed by atoms with E-state index in [1.807, 2.05) is 74.5 Å². The van der Waals surface area contributed by atoms with Gasteiger partial charge in [-0.3, -0.25) is 4.79 Å². The fraction of sp³-hybridized carbons (Fsp3) is 0.259. The summed E-state index contributed by atoms with van der Waals surface area (Å²) in [5.74, 6) is -0.153. The number of nitrogens with one attached hydrogen (secondary N) is 3. The van der Waals surface area contributed by atoms with Gasteiger partial charge >= 0.3 is 6.03 Å². The first-order chi connectivity index (χ1) is 16.0. The summed E-state index contributed by atoms with van der Waals surface area (Å²) in [5, 5.41) is 8.80.